The van der Waals surface area contributed by atoms with Gasteiger partial charge in [0.15, 0.2) is 0 Å². The molecule has 3 rings (SSSR count). The third-order valence-electron chi connectivity index (χ3n) is 5.22. The summed E-state index contributed by atoms with van der Waals surface area (Å²) in [5.41, 5.74) is 2.76. The summed E-state index contributed by atoms with van der Waals surface area (Å²) in [5, 5.41) is 12.5. The second-order valence-corrected chi connectivity index (χ2v) is 7.64. The number of carboxylic acids is 1. The first-order chi connectivity index (χ1) is 13.5. The zero-order valence-corrected chi connectivity index (χ0v) is 16.7. The Bertz CT molecular complexity index is 851. The van der Waals surface area contributed by atoms with Crippen LogP contribution in [0.5, 0.6) is 0 Å². The van der Waals surface area contributed by atoms with E-state index in [4.69, 9.17) is 16.7 Å². The molecule has 0 saturated carbocycles. The van der Waals surface area contributed by atoms with Crippen LogP contribution in [0.3, 0.4) is 0 Å². The van der Waals surface area contributed by atoms with E-state index < -0.39 is 5.97 Å². The zero-order valence-electron chi connectivity index (χ0n) is 16.0. The molecule has 1 amide bonds. The molecule has 0 radical (unpaired) electrons. The van der Waals surface area contributed by atoms with Gasteiger partial charge in [-0.3, -0.25) is 4.79 Å². The Balaban J connectivity index is 1.66. The number of piperidine rings is 1. The van der Waals surface area contributed by atoms with Gasteiger partial charge in [0, 0.05) is 29.8 Å². The van der Waals surface area contributed by atoms with E-state index in [-0.39, 0.29) is 11.5 Å². The normalized spacial score (nSPS) is 16.6. The topological polar surface area (TPSA) is 69.6 Å². The van der Waals surface area contributed by atoms with Crippen molar-refractivity contribution in [1.82, 2.24) is 5.32 Å². The van der Waals surface area contributed by atoms with Crippen LogP contribution >= 0.6 is 11.6 Å². The molecular formula is C22H25ClN2O3. The molecule has 0 bridgehead atoms. The fraction of sp³-hybridized carbons (Fsp3) is 0.364. The number of carboxylic acid groups (broad SMARTS) is 1. The van der Waals surface area contributed by atoms with Gasteiger partial charge in [0.05, 0.1) is 11.1 Å². The second-order valence-electron chi connectivity index (χ2n) is 7.21. The fourth-order valence-electron chi connectivity index (χ4n) is 3.63. The summed E-state index contributed by atoms with van der Waals surface area (Å²) in [5.74, 6) is -1.09. The lowest BCUT2D eigenvalue weighted by molar-refractivity contribution is 0.0696. The van der Waals surface area contributed by atoms with Crippen molar-refractivity contribution in [2.24, 2.45) is 0 Å². The van der Waals surface area contributed by atoms with Crippen molar-refractivity contribution >= 4 is 29.2 Å². The number of nitrogens with zero attached hydrogens (tertiary/aromatic N) is 1. The monoisotopic (exact) mass is 400 g/mol. The van der Waals surface area contributed by atoms with Crippen molar-refractivity contribution in [3.8, 4) is 0 Å². The van der Waals surface area contributed by atoms with E-state index in [2.05, 4.69) is 17.1 Å². The Morgan fingerprint density at radius 3 is 2.61 bits per heavy atom. The smallest absolute Gasteiger partial charge is 0.335 e. The number of nitrogens with one attached hydrogen (secondary N) is 1. The van der Waals surface area contributed by atoms with Crippen LogP contribution in [-0.2, 0) is 6.42 Å². The van der Waals surface area contributed by atoms with Gasteiger partial charge >= 0.3 is 5.97 Å². The minimum Gasteiger partial charge on any atom is -0.478 e. The van der Waals surface area contributed by atoms with Crippen LogP contribution in [0.15, 0.2) is 42.5 Å². The molecule has 1 aliphatic rings. The number of carbonyl (C=O) groups is 2. The van der Waals surface area contributed by atoms with Crippen molar-refractivity contribution in [3.63, 3.8) is 0 Å². The molecule has 1 heterocycles. The average molecular weight is 401 g/mol. The standard InChI is InChI=1S/C22H25ClN2O3/c1-15-4-2-3-13-25(15)20-10-9-18(23)14-19(20)21(26)24-12-11-16-5-7-17(8-6-16)22(27)28/h5-10,14-15H,2-4,11-13H2,1H3,(H,24,26)(H,27,28). The summed E-state index contributed by atoms with van der Waals surface area (Å²) in [6, 6.07) is 12.6. The zero-order chi connectivity index (χ0) is 20.1. The van der Waals surface area contributed by atoms with E-state index in [1.165, 1.54) is 6.42 Å². The predicted molar refractivity (Wildman–Crippen MR) is 112 cm³/mol. The number of rotatable bonds is 6. The Morgan fingerprint density at radius 2 is 1.93 bits per heavy atom. The fourth-order valence-corrected chi connectivity index (χ4v) is 3.80. The summed E-state index contributed by atoms with van der Waals surface area (Å²) >= 11 is 6.16. The van der Waals surface area contributed by atoms with Gasteiger partial charge in [0.1, 0.15) is 0 Å². The largest absolute Gasteiger partial charge is 0.478 e. The SMILES string of the molecule is CC1CCCCN1c1ccc(Cl)cc1C(=O)NCCc1ccc(C(=O)O)cc1. The van der Waals surface area contributed by atoms with Crippen LogP contribution < -0.4 is 10.2 Å². The van der Waals surface area contributed by atoms with Crippen LogP contribution in [0.2, 0.25) is 5.02 Å². The van der Waals surface area contributed by atoms with E-state index in [0.29, 0.717) is 29.6 Å². The van der Waals surface area contributed by atoms with Crippen LogP contribution in [-0.4, -0.2) is 36.1 Å². The molecule has 5 nitrogen and oxygen atoms in total. The number of carbonyl (C=O) groups excluding carboxylic acids is 1. The van der Waals surface area contributed by atoms with Gasteiger partial charge in [0.25, 0.3) is 5.91 Å². The molecule has 1 atom stereocenters. The number of benzene rings is 2. The van der Waals surface area contributed by atoms with E-state index in [0.717, 1.165) is 30.6 Å². The molecule has 28 heavy (non-hydrogen) atoms. The molecule has 2 aromatic rings. The molecule has 1 fully saturated rings. The Labute approximate surface area is 170 Å². The Kier molecular flexibility index (Phi) is 6.57. The van der Waals surface area contributed by atoms with E-state index in [1.807, 2.05) is 12.1 Å². The first-order valence-corrected chi connectivity index (χ1v) is 10.00. The second kappa shape index (κ2) is 9.11. The van der Waals surface area contributed by atoms with Crippen LogP contribution in [0.1, 0.15) is 52.5 Å². The average Bonchev–Trinajstić information content (AvgIpc) is 2.69. The van der Waals surface area contributed by atoms with Gasteiger partial charge in [-0.25, -0.2) is 4.79 Å². The number of halogens is 1. The molecule has 1 aliphatic heterocycles. The summed E-state index contributed by atoms with van der Waals surface area (Å²) in [6.45, 7) is 3.60. The van der Waals surface area contributed by atoms with Crippen molar-refractivity contribution < 1.29 is 14.7 Å². The third kappa shape index (κ3) is 4.84. The Hall–Kier alpha value is -2.53. The molecule has 2 N–H and O–H groups in total. The van der Waals surface area contributed by atoms with E-state index in [9.17, 15) is 9.59 Å². The van der Waals surface area contributed by atoms with Crippen LogP contribution in [0.25, 0.3) is 0 Å². The molecule has 6 heteroatoms. The highest BCUT2D eigenvalue weighted by atomic mass is 35.5. The number of aromatic carboxylic acids is 1. The predicted octanol–water partition coefficient (Wildman–Crippen LogP) is 4.39. The molecule has 2 aromatic carbocycles. The maximum atomic E-state index is 12.8. The van der Waals surface area contributed by atoms with Gasteiger partial charge in [0.2, 0.25) is 0 Å². The summed E-state index contributed by atoms with van der Waals surface area (Å²) in [4.78, 5) is 26.0. The molecule has 1 unspecified atom stereocenters. The van der Waals surface area contributed by atoms with Crippen molar-refractivity contribution in [2.75, 3.05) is 18.0 Å². The highest BCUT2D eigenvalue weighted by molar-refractivity contribution is 6.31. The van der Waals surface area contributed by atoms with E-state index in [1.54, 1.807) is 30.3 Å². The molecule has 0 aromatic heterocycles. The Morgan fingerprint density at radius 1 is 1.18 bits per heavy atom. The number of anilines is 1. The lowest BCUT2D eigenvalue weighted by Gasteiger charge is -2.36. The molecular weight excluding hydrogens is 376 g/mol. The summed E-state index contributed by atoms with van der Waals surface area (Å²) < 4.78 is 0. The van der Waals surface area contributed by atoms with Gasteiger partial charge in [-0.1, -0.05) is 23.7 Å². The first-order valence-electron chi connectivity index (χ1n) is 9.62. The summed E-state index contributed by atoms with van der Waals surface area (Å²) in [7, 11) is 0. The van der Waals surface area contributed by atoms with Gasteiger partial charge in [-0.05, 0) is 68.5 Å². The number of amides is 1. The van der Waals surface area contributed by atoms with Crippen LogP contribution in [0.4, 0.5) is 5.69 Å². The third-order valence-corrected chi connectivity index (χ3v) is 5.45. The molecule has 0 spiro atoms. The summed E-state index contributed by atoms with van der Waals surface area (Å²) in [6.07, 6.45) is 4.09. The van der Waals surface area contributed by atoms with E-state index >= 15 is 0 Å². The maximum absolute atomic E-state index is 12.8. The van der Waals surface area contributed by atoms with Gasteiger partial charge in [-0.2, -0.15) is 0 Å². The van der Waals surface area contributed by atoms with Gasteiger partial charge in [-0.15, -0.1) is 0 Å². The molecule has 148 valence electrons. The lowest BCUT2D eigenvalue weighted by Crippen LogP contribution is -2.39. The highest BCUT2D eigenvalue weighted by Gasteiger charge is 2.23. The number of hydrogen-bond donors (Lipinski definition) is 2. The minimum atomic E-state index is -0.944. The highest BCUT2D eigenvalue weighted by Crippen LogP contribution is 2.30. The van der Waals surface area contributed by atoms with Crippen molar-refractivity contribution in [2.45, 2.75) is 38.6 Å². The number of hydrogen-bond acceptors (Lipinski definition) is 3. The van der Waals surface area contributed by atoms with Gasteiger partial charge < -0.3 is 15.3 Å². The molecule has 1 saturated heterocycles. The quantitative estimate of drug-likeness (QED) is 0.754. The lowest BCUT2D eigenvalue weighted by atomic mass is 10.0. The molecule has 0 aliphatic carbocycles. The minimum absolute atomic E-state index is 0.141. The van der Waals surface area contributed by atoms with Crippen LogP contribution in [0, 0.1) is 0 Å². The van der Waals surface area contributed by atoms with Crippen molar-refractivity contribution in [3.05, 3.63) is 64.2 Å². The maximum Gasteiger partial charge on any atom is 0.335 e. The first kappa shape index (κ1) is 20.2. The van der Waals surface area contributed by atoms with Crippen molar-refractivity contribution in [1.29, 1.82) is 0 Å².